The molecule has 0 N–H and O–H groups in total. The number of rotatable bonds is 35. The Morgan fingerprint density at radius 3 is 0.972 bits per heavy atom. The number of benzene rings is 2. The van der Waals surface area contributed by atoms with Crippen LogP contribution in [0.1, 0.15) is 251 Å². The lowest BCUT2D eigenvalue weighted by Gasteiger charge is -2.28. The van der Waals surface area contributed by atoms with E-state index >= 15 is 0 Å². The molecule has 0 amide bonds. The van der Waals surface area contributed by atoms with Gasteiger partial charge in [-0.2, -0.15) is 0 Å². The molecule has 6 rings (SSSR count). The number of nitrogens with zero attached hydrogens (tertiary/aromatic N) is 2. The molecule has 2 aromatic heterocycles. The molecule has 2 heterocycles. The Morgan fingerprint density at radius 2 is 0.648 bits per heavy atom. The average Bonchev–Trinajstić information content (AvgIpc) is 3.42. The molecule has 0 unspecified atom stereocenters. The van der Waals surface area contributed by atoms with Crippen molar-refractivity contribution in [1.29, 1.82) is 0 Å². The van der Waals surface area contributed by atoms with Crippen LogP contribution in [0.3, 0.4) is 0 Å². The highest BCUT2D eigenvalue weighted by atomic mass is 16.5. The molecule has 0 aliphatic heterocycles. The maximum Gasteiger partial charge on any atom is 0.119 e. The van der Waals surface area contributed by atoms with Crippen LogP contribution < -0.4 is 9.47 Å². The van der Waals surface area contributed by atoms with Crippen LogP contribution in [0.4, 0.5) is 0 Å². The Labute approximate surface area is 437 Å². The van der Waals surface area contributed by atoms with Crippen LogP contribution in [0.2, 0.25) is 0 Å². The van der Waals surface area contributed by atoms with Gasteiger partial charge in [0.05, 0.1) is 24.6 Å². The maximum atomic E-state index is 5.93. The number of hydrogen-bond donors (Lipinski definition) is 0. The SMILES string of the molecule is CCCCCCCCOc1ccc(-c2ccc(CCC3CCC(CCCCCCC)CC3)cn2)cc1.CCCCCCCOc1ccc(-c2ccc(CCC3CCC(CCCCCCC)CC3)cn2)cc1. The van der Waals surface area contributed by atoms with Crippen LogP contribution in [-0.4, -0.2) is 23.2 Å². The second kappa shape index (κ2) is 37.1. The van der Waals surface area contributed by atoms with Gasteiger partial charge in [-0.05, 0) is 134 Å². The third-order valence-corrected chi connectivity index (χ3v) is 16.3. The first-order valence-corrected chi connectivity index (χ1v) is 30.4. The van der Waals surface area contributed by atoms with Gasteiger partial charge < -0.3 is 9.47 Å². The fourth-order valence-electron chi connectivity index (χ4n) is 11.3. The summed E-state index contributed by atoms with van der Waals surface area (Å²) in [6, 6.07) is 25.8. The van der Waals surface area contributed by atoms with Crippen molar-refractivity contribution in [3.63, 3.8) is 0 Å². The van der Waals surface area contributed by atoms with Crippen LogP contribution in [0.5, 0.6) is 11.5 Å². The summed E-state index contributed by atoms with van der Waals surface area (Å²) < 4.78 is 11.8. The monoisotopic (exact) mass is 969 g/mol. The van der Waals surface area contributed by atoms with Crippen molar-refractivity contribution >= 4 is 0 Å². The molecule has 4 nitrogen and oxygen atoms in total. The summed E-state index contributed by atoms with van der Waals surface area (Å²) in [6.45, 7) is 10.8. The molecule has 394 valence electrons. The Hall–Kier alpha value is -3.66. The lowest BCUT2D eigenvalue weighted by atomic mass is 9.78. The van der Waals surface area contributed by atoms with Crippen LogP contribution in [0.25, 0.3) is 22.5 Å². The maximum absolute atomic E-state index is 5.93. The predicted molar refractivity (Wildman–Crippen MR) is 307 cm³/mol. The second-order valence-electron chi connectivity index (χ2n) is 22.3. The van der Waals surface area contributed by atoms with E-state index in [0.717, 1.165) is 72.6 Å². The molecule has 4 heteroatoms. The molecule has 0 atom stereocenters. The Morgan fingerprint density at radius 1 is 0.338 bits per heavy atom. The van der Waals surface area contributed by atoms with Crippen molar-refractivity contribution in [2.45, 2.75) is 252 Å². The molecule has 2 aromatic carbocycles. The van der Waals surface area contributed by atoms with Crippen molar-refractivity contribution in [3.05, 3.63) is 96.3 Å². The van der Waals surface area contributed by atoms with Crippen molar-refractivity contribution in [3.8, 4) is 34.0 Å². The summed E-state index contributed by atoms with van der Waals surface area (Å²) in [5, 5.41) is 0. The normalized spacial score (nSPS) is 17.9. The summed E-state index contributed by atoms with van der Waals surface area (Å²) in [5.74, 6) is 5.80. The van der Waals surface area contributed by atoms with Crippen molar-refractivity contribution in [2.24, 2.45) is 23.7 Å². The average molecular weight is 970 g/mol. The first kappa shape index (κ1) is 58.2. The van der Waals surface area contributed by atoms with Gasteiger partial charge in [0.15, 0.2) is 0 Å². The second-order valence-corrected chi connectivity index (χ2v) is 22.3. The number of unbranched alkanes of at least 4 members (excludes halogenated alkanes) is 17. The number of hydrogen-bond acceptors (Lipinski definition) is 4. The van der Waals surface area contributed by atoms with E-state index in [1.165, 1.54) is 234 Å². The molecule has 2 aliphatic carbocycles. The van der Waals surface area contributed by atoms with Crippen LogP contribution in [-0.2, 0) is 12.8 Å². The molecule has 4 aromatic rings. The van der Waals surface area contributed by atoms with Gasteiger partial charge in [0.25, 0.3) is 0 Å². The summed E-state index contributed by atoms with van der Waals surface area (Å²) >= 11 is 0. The highest BCUT2D eigenvalue weighted by Crippen LogP contribution is 2.36. The van der Waals surface area contributed by atoms with Gasteiger partial charge in [-0.25, -0.2) is 0 Å². The van der Waals surface area contributed by atoms with Gasteiger partial charge in [-0.1, -0.05) is 226 Å². The quantitative estimate of drug-likeness (QED) is 0.0431. The van der Waals surface area contributed by atoms with E-state index in [0.29, 0.717) is 0 Å². The molecule has 0 radical (unpaired) electrons. The number of ether oxygens (including phenoxy) is 2. The third kappa shape index (κ3) is 24.7. The Bertz CT molecular complexity index is 1840. The fraction of sp³-hybridized carbons (Fsp3) is 0.672. The summed E-state index contributed by atoms with van der Waals surface area (Å²) in [4.78, 5) is 9.55. The minimum Gasteiger partial charge on any atom is -0.494 e. The predicted octanol–water partition coefficient (Wildman–Crippen LogP) is 20.8. The molecule has 71 heavy (non-hydrogen) atoms. The van der Waals surface area contributed by atoms with Gasteiger partial charge >= 0.3 is 0 Å². The lowest BCUT2D eigenvalue weighted by molar-refractivity contribution is 0.248. The minimum atomic E-state index is 0.816. The molecule has 2 saturated carbocycles. The highest BCUT2D eigenvalue weighted by molar-refractivity contribution is 5.61. The summed E-state index contributed by atoms with van der Waals surface area (Å²) in [6.07, 6.45) is 52.2. The molecular weight excluding hydrogens is 865 g/mol. The third-order valence-electron chi connectivity index (χ3n) is 16.3. The van der Waals surface area contributed by atoms with E-state index in [-0.39, 0.29) is 0 Å². The number of pyridine rings is 2. The van der Waals surface area contributed by atoms with E-state index in [1.54, 1.807) is 0 Å². The van der Waals surface area contributed by atoms with Crippen molar-refractivity contribution in [2.75, 3.05) is 13.2 Å². The largest absolute Gasteiger partial charge is 0.494 e. The van der Waals surface area contributed by atoms with Crippen LogP contribution >= 0.6 is 0 Å². The van der Waals surface area contributed by atoms with Crippen molar-refractivity contribution in [1.82, 2.24) is 9.97 Å². The molecule has 0 bridgehead atoms. The number of aryl methyl sites for hydroxylation is 2. The minimum absolute atomic E-state index is 0.816. The van der Waals surface area contributed by atoms with Crippen molar-refractivity contribution < 1.29 is 9.47 Å². The molecular formula is C67H104N2O2. The fourth-order valence-corrected chi connectivity index (χ4v) is 11.3. The van der Waals surface area contributed by atoms with E-state index in [9.17, 15) is 0 Å². The zero-order valence-electron chi connectivity index (χ0n) is 46.3. The van der Waals surface area contributed by atoms with Gasteiger partial charge in [-0.15, -0.1) is 0 Å². The first-order valence-electron chi connectivity index (χ1n) is 30.4. The number of aromatic nitrogens is 2. The van der Waals surface area contributed by atoms with Gasteiger partial charge in [0.2, 0.25) is 0 Å². The first-order chi connectivity index (χ1) is 35.1. The molecule has 0 saturated heterocycles. The van der Waals surface area contributed by atoms with Crippen LogP contribution in [0.15, 0.2) is 85.2 Å². The van der Waals surface area contributed by atoms with E-state index < -0.39 is 0 Å². The van der Waals surface area contributed by atoms with Gasteiger partial charge in [-0.3, -0.25) is 9.97 Å². The van der Waals surface area contributed by atoms with E-state index in [4.69, 9.17) is 19.4 Å². The summed E-state index contributed by atoms with van der Waals surface area (Å²) in [7, 11) is 0. The molecule has 2 fully saturated rings. The summed E-state index contributed by atoms with van der Waals surface area (Å²) in [5.41, 5.74) is 7.21. The highest BCUT2D eigenvalue weighted by Gasteiger charge is 2.22. The zero-order chi connectivity index (χ0) is 49.8. The smallest absolute Gasteiger partial charge is 0.119 e. The topological polar surface area (TPSA) is 44.2 Å². The molecule has 0 spiro atoms. The molecule has 2 aliphatic rings. The van der Waals surface area contributed by atoms with Gasteiger partial charge in [0, 0.05) is 23.5 Å². The van der Waals surface area contributed by atoms with Gasteiger partial charge in [0.1, 0.15) is 11.5 Å². The van der Waals surface area contributed by atoms with E-state index in [2.05, 4.69) is 113 Å². The zero-order valence-corrected chi connectivity index (χ0v) is 46.3. The Kier molecular flexibility index (Phi) is 30.5. The van der Waals surface area contributed by atoms with Crippen LogP contribution in [0, 0.1) is 23.7 Å². The Balaban J connectivity index is 0.000000264. The standard InChI is InChI=1S/C34H53NO.C33H51NO/c1-3-5-7-9-11-13-27-36-33-24-22-32(23-25-33)34-26-21-31(28-35-34)20-19-30-17-15-29(16-18-30)14-12-10-8-6-4-2;1-3-5-7-9-11-13-28-14-16-29(17-15-28)18-19-30-20-25-33(34-27-30)31-21-23-32(24-22-31)35-26-12-10-8-6-4-2/h21-26,28-30H,3-20,27H2,1-2H3;20-25,27-29H,3-19,26H2,1-2H3. The van der Waals surface area contributed by atoms with E-state index in [1.807, 2.05) is 0 Å². The lowest BCUT2D eigenvalue weighted by Crippen LogP contribution is -2.15.